The van der Waals surface area contributed by atoms with E-state index in [1.807, 2.05) is 24.3 Å². The summed E-state index contributed by atoms with van der Waals surface area (Å²) in [5.74, 6) is 0.331. The van der Waals surface area contributed by atoms with Gasteiger partial charge in [0.1, 0.15) is 6.61 Å². The number of nitrogen functional groups attached to an aromatic ring is 1. The fraction of sp³-hybridized carbons (Fsp3) is 0.133. The maximum absolute atomic E-state index is 12.1. The summed E-state index contributed by atoms with van der Waals surface area (Å²) in [5, 5.41) is 0. The summed E-state index contributed by atoms with van der Waals surface area (Å²) in [6.07, 6.45) is 3.34. The lowest BCUT2D eigenvalue weighted by Crippen LogP contribution is -2.21. The number of hydrogen-bond donors (Lipinski definition) is 1. The van der Waals surface area contributed by atoms with Crippen molar-refractivity contribution in [3.63, 3.8) is 0 Å². The number of nitrogens with zero attached hydrogens (tertiary/aromatic N) is 1. The van der Waals surface area contributed by atoms with Crippen LogP contribution in [0.1, 0.15) is 5.56 Å². The smallest absolute Gasteiger partial charge is 0.293 e. The quantitative estimate of drug-likeness (QED) is 0.658. The van der Waals surface area contributed by atoms with E-state index < -0.39 is 0 Å². The molecular formula is C15H16N2O2. The van der Waals surface area contributed by atoms with Gasteiger partial charge in [0.25, 0.3) is 5.56 Å². The summed E-state index contributed by atoms with van der Waals surface area (Å²) in [6.45, 7) is 4.37. The summed E-state index contributed by atoms with van der Waals surface area (Å²) >= 11 is 0. The van der Waals surface area contributed by atoms with Crippen LogP contribution in [-0.4, -0.2) is 11.2 Å². The first kappa shape index (κ1) is 13.0. The summed E-state index contributed by atoms with van der Waals surface area (Å²) in [4.78, 5) is 12.1. The van der Waals surface area contributed by atoms with Crippen molar-refractivity contribution in [2.45, 2.75) is 6.54 Å². The molecule has 0 atom stereocenters. The van der Waals surface area contributed by atoms with Gasteiger partial charge in [0, 0.05) is 11.9 Å². The van der Waals surface area contributed by atoms with E-state index in [1.54, 1.807) is 29.0 Å². The van der Waals surface area contributed by atoms with Gasteiger partial charge in [0.05, 0.1) is 6.54 Å². The molecule has 2 N–H and O–H groups in total. The third-order valence-electron chi connectivity index (χ3n) is 2.67. The number of ether oxygens (including phenoxy) is 1. The predicted molar refractivity (Wildman–Crippen MR) is 76.4 cm³/mol. The van der Waals surface area contributed by atoms with Gasteiger partial charge in [-0.1, -0.05) is 24.8 Å². The Morgan fingerprint density at radius 3 is 2.68 bits per heavy atom. The number of hydrogen-bond acceptors (Lipinski definition) is 3. The monoisotopic (exact) mass is 256 g/mol. The van der Waals surface area contributed by atoms with Crippen molar-refractivity contribution >= 4 is 5.69 Å². The summed E-state index contributed by atoms with van der Waals surface area (Å²) in [6, 6.07) is 10.9. The molecule has 0 saturated carbocycles. The van der Waals surface area contributed by atoms with E-state index in [9.17, 15) is 4.79 Å². The van der Waals surface area contributed by atoms with Crippen LogP contribution < -0.4 is 16.0 Å². The number of nitrogens with two attached hydrogens (primary N) is 1. The highest BCUT2D eigenvalue weighted by molar-refractivity contribution is 5.39. The molecule has 2 aromatic rings. The van der Waals surface area contributed by atoms with Gasteiger partial charge in [-0.05, 0) is 29.8 Å². The third kappa shape index (κ3) is 3.25. The van der Waals surface area contributed by atoms with E-state index in [0.29, 0.717) is 24.6 Å². The van der Waals surface area contributed by atoms with Gasteiger partial charge >= 0.3 is 0 Å². The van der Waals surface area contributed by atoms with Crippen LogP contribution >= 0.6 is 0 Å². The van der Waals surface area contributed by atoms with Gasteiger partial charge < -0.3 is 15.0 Å². The van der Waals surface area contributed by atoms with Crippen LogP contribution in [0, 0.1) is 0 Å². The van der Waals surface area contributed by atoms with Crippen LogP contribution in [0.4, 0.5) is 5.69 Å². The van der Waals surface area contributed by atoms with Gasteiger partial charge in [-0.2, -0.15) is 0 Å². The van der Waals surface area contributed by atoms with Crippen LogP contribution in [0.5, 0.6) is 5.75 Å². The van der Waals surface area contributed by atoms with E-state index in [-0.39, 0.29) is 5.56 Å². The summed E-state index contributed by atoms with van der Waals surface area (Å²) in [7, 11) is 0. The average Bonchev–Trinajstić information content (AvgIpc) is 2.42. The van der Waals surface area contributed by atoms with Gasteiger partial charge in [0.2, 0.25) is 0 Å². The SMILES string of the molecule is C=CCOc1cccn(Cc2ccc(N)cc2)c1=O. The third-order valence-corrected chi connectivity index (χ3v) is 2.67. The normalized spacial score (nSPS) is 10.1. The Balaban J connectivity index is 2.23. The maximum Gasteiger partial charge on any atom is 0.293 e. The second kappa shape index (κ2) is 5.91. The second-order valence-corrected chi connectivity index (χ2v) is 4.15. The Hall–Kier alpha value is -2.49. The van der Waals surface area contributed by atoms with Gasteiger partial charge in [0.15, 0.2) is 5.75 Å². The number of rotatable bonds is 5. The van der Waals surface area contributed by atoms with E-state index in [1.165, 1.54) is 0 Å². The minimum Gasteiger partial charge on any atom is -0.484 e. The van der Waals surface area contributed by atoms with Crippen LogP contribution in [-0.2, 0) is 6.54 Å². The molecule has 0 fully saturated rings. The molecule has 0 aliphatic heterocycles. The average molecular weight is 256 g/mol. The molecular weight excluding hydrogens is 240 g/mol. The molecule has 0 unspecified atom stereocenters. The Morgan fingerprint density at radius 2 is 2.00 bits per heavy atom. The zero-order valence-electron chi connectivity index (χ0n) is 10.6. The maximum atomic E-state index is 12.1. The molecule has 1 aromatic heterocycles. The standard InChI is InChI=1S/C15H16N2O2/c1-2-10-19-14-4-3-9-17(15(14)18)11-12-5-7-13(16)8-6-12/h2-9H,1,10-11,16H2. The van der Waals surface area contributed by atoms with Gasteiger partial charge in [-0.3, -0.25) is 4.79 Å². The molecule has 98 valence electrons. The minimum atomic E-state index is -0.152. The van der Waals surface area contributed by atoms with Crippen molar-refractivity contribution in [3.8, 4) is 5.75 Å². The van der Waals surface area contributed by atoms with Crippen LogP contribution in [0.2, 0.25) is 0 Å². The van der Waals surface area contributed by atoms with Crippen LogP contribution in [0.15, 0.2) is 60.0 Å². The Kier molecular flexibility index (Phi) is 4.03. The molecule has 0 amide bonds. The molecule has 0 aliphatic carbocycles. The topological polar surface area (TPSA) is 57.2 Å². The largest absolute Gasteiger partial charge is 0.484 e. The lowest BCUT2D eigenvalue weighted by Gasteiger charge is -2.08. The predicted octanol–water partition coefficient (Wildman–Crippen LogP) is 2.04. The number of anilines is 1. The Labute approximate surface area is 111 Å². The number of pyridine rings is 1. The Bertz CT molecular complexity index is 615. The molecule has 0 bridgehead atoms. The van der Waals surface area contributed by atoms with Crippen molar-refractivity contribution in [2.75, 3.05) is 12.3 Å². The molecule has 19 heavy (non-hydrogen) atoms. The van der Waals surface area contributed by atoms with E-state index in [4.69, 9.17) is 10.5 Å². The molecule has 0 saturated heterocycles. The van der Waals surface area contributed by atoms with Crippen molar-refractivity contribution in [1.29, 1.82) is 0 Å². The zero-order chi connectivity index (χ0) is 13.7. The fourth-order valence-corrected chi connectivity index (χ4v) is 1.72. The minimum absolute atomic E-state index is 0.152. The summed E-state index contributed by atoms with van der Waals surface area (Å²) in [5.41, 5.74) is 7.20. The highest BCUT2D eigenvalue weighted by atomic mass is 16.5. The van der Waals surface area contributed by atoms with E-state index >= 15 is 0 Å². The van der Waals surface area contributed by atoms with Crippen molar-refractivity contribution in [2.24, 2.45) is 0 Å². The molecule has 0 aliphatic rings. The molecule has 4 nitrogen and oxygen atoms in total. The Morgan fingerprint density at radius 1 is 1.26 bits per heavy atom. The number of benzene rings is 1. The van der Waals surface area contributed by atoms with Gasteiger partial charge in [-0.25, -0.2) is 0 Å². The fourth-order valence-electron chi connectivity index (χ4n) is 1.72. The molecule has 4 heteroatoms. The molecule has 0 radical (unpaired) electrons. The highest BCUT2D eigenvalue weighted by Gasteiger charge is 2.04. The first-order chi connectivity index (χ1) is 9.20. The lowest BCUT2D eigenvalue weighted by atomic mass is 10.2. The first-order valence-electron chi connectivity index (χ1n) is 5.98. The highest BCUT2D eigenvalue weighted by Crippen LogP contribution is 2.08. The lowest BCUT2D eigenvalue weighted by molar-refractivity contribution is 0.354. The van der Waals surface area contributed by atoms with E-state index in [0.717, 1.165) is 5.56 Å². The zero-order valence-corrected chi connectivity index (χ0v) is 10.6. The van der Waals surface area contributed by atoms with Crippen molar-refractivity contribution < 1.29 is 4.74 Å². The van der Waals surface area contributed by atoms with Crippen molar-refractivity contribution in [3.05, 3.63) is 71.2 Å². The van der Waals surface area contributed by atoms with Crippen molar-refractivity contribution in [1.82, 2.24) is 4.57 Å². The first-order valence-corrected chi connectivity index (χ1v) is 5.98. The van der Waals surface area contributed by atoms with Gasteiger partial charge in [-0.15, -0.1) is 0 Å². The van der Waals surface area contributed by atoms with Crippen LogP contribution in [0.25, 0.3) is 0 Å². The molecule has 1 heterocycles. The van der Waals surface area contributed by atoms with Crippen LogP contribution in [0.3, 0.4) is 0 Å². The molecule has 0 spiro atoms. The summed E-state index contributed by atoms with van der Waals surface area (Å²) < 4.78 is 6.91. The molecule has 2 rings (SSSR count). The number of aromatic nitrogens is 1. The second-order valence-electron chi connectivity index (χ2n) is 4.15. The van der Waals surface area contributed by atoms with E-state index in [2.05, 4.69) is 6.58 Å². The molecule has 1 aromatic carbocycles.